The van der Waals surface area contributed by atoms with Crippen molar-refractivity contribution in [1.82, 2.24) is 0 Å². The van der Waals surface area contributed by atoms with Crippen molar-refractivity contribution in [3.8, 4) is 56.4 Å². The quantitative estimate of drug-likeness (QED) is 0.0665. The number of halogens is 10. The summed E-state index contributed by atoms with van der Waals surface area (Å²) in [6, 6.07) is 54.6. The minimum atomic E-state index is -1.41. The monoisotopic (exact) mass is 2100 g/mol. The summed E-state index contributed by atoms with van der Waals surface area (Å²) in [4.78, 5) is 79.1. The van der Waals surface area contributed by atoms with Crippen LogP contribution in [0.4, 0.5) is 44.2 Å². The van der Waals surface area contributed by atoms with Gasteiger partial charge in [-0.3, -0.25) is 38.0 Å². The zero-order chi connectivity index (χ0) is 92.5. The molecule has 31 heteroatoms. The van der Waals surface area contributed by atoms with Crippen molar-refractivity contribution in [2.45, 2.75) is 118 Å². The van der Waals surface area contributed by atoms with Gasteiger partial charge in [-0.25, -0.2) is 0 Å². The van der Waals surface area contributed by atoms with Gasteiger partial charge in [0.25, 0.3) is 0 Å². The molecule has 0 bridgehead atoms. The Hall–Kier alpha value is -9.62. The molecular formula is C95H92BBr5Cl4FN7O13. The van der Waals surface area contributed by atoms with Crippen LogP contribution in [0.25, 0.3) is 33.4 Å². The van der Waals surface area contributed by atoms with Crippen molar-refractivity contribution >= 4 is 220 Å². The first-order valence-corrected chi connectivity index (χ1v) is 44.9. The maximum Gasteiger partial charge on any atom is 0.488 e. The molecule has 0 atom stereocenters. The number of carbonyl (C=O) groups is 7. The molecule has 7 heterocycles. The summed E-state index contributed by atoms with van der Waals surface area (Å²) in [6.45, 7) is 6.06. The SMILES string of the molecule is CF.COc1c(-c2ccc(Cl)cc2)cc2c(c1Br)NC(=O)CC2.COc1c(Br)cc2c(c1-c1ccc(Cl)cc1)NC(=O)CC2.COc1cc2c(cc1-c1ccc(Cl)cc1)CCC(=O)N2.Cc1c(Br)cc2c(c1Br)NC(=O)CC2.Cc1cc2c(cc1Br)CCC(=O)N2.Cc1ccc2c(c1)NC(=O)CC2.O=C1CCc2ccc(O)cc2N1.OB(O)c1ccc(Cl)cc1.[2H]C. The zero-order valence-corrected chi connectivity index (χ0v) is 80.9. The Morgan fingerprint density at radius 1 is 0.365 bits per heavy atom. The van der Waals surface area contributed by atoms with Crippen molar-refractivity contribution in [1.29, 1.82) is 0 Å². The number of aryl methyl sites for hydroxylation is 9. The summed E-state index contributed by atoms with van der Waals surface area (Å²) in [7, 11) is 5.22. The third kappa shape index (κ3) is 27.0. The largest absolute Gasteiger partial charge is 0.508 e. The number of nitrogens with one attached hydrogen (secondary N) is 7. The standard InChI is InChI=1S/2C16H13BrClNO2.C16H14ClNO2.C10H9Br2NO.C10H10BrNO.C10H11NO.C9H9NO2.C6H6BClO2.CH3F.CH4/c1-21-16-12(17)8-10-4-7-13(20)19-15(10)14(16)9-2-5-11(18)6-3-9;1-21-16-12(9-2-5-11(18)6-3-9)8-10-4-7-13(20)19-15(10)14(16)17;1-20-15-9-14-11(4-7-16(19)18-14)8-13(15)10-2-5-12(17)6-3-10;1-5-7(11)4-6-2-3-8(14)13-10(6)9(5)12;1-6-4-9-7(5-8(6)11)2-3-10(13)12-9;1-7-2-3-8-4-5-10(12)11-9(8)6-7;11-7-3-1-6-2-4-9(12)10-8(6)5-7;8-6-3-1-5(2-4-6)7(9)10;1-2;/h2*2-3,5-6,8H,4,7H2,1H3,(H,19,20);2-3,5-6,8-9H,4,7H2,1H3,(H,18,19);4H,2-3H2,1H3,(H,13,14);4-5H,2-3H2,1H3,(H,12,13);2-3,6H,4-5H2,1H3,(H,11,12);1,3,5,11H,2,4H2,(H,10,12);1-4,9-10H;1H3;1H4/i;;;;;;;;;1D. The van der Waals surface area contributed by atoms with Crippen LogP contribution in [0.15, 0.2) is 198 Å². The Labute approximate surface area is 795 Å². The lowest BCUT2D eigenvalue weighted by molar-refractivity contribution is -0.117. The highest BCUT2D eigenvalue weighted by molar-refractivity contribution is 9.11. The summed E-state index contributed by atoms with van der Waals surface area (Å²) in [6.07, 6.45) is 9.39. The van der Waals surface area contributed by atoms with Gasteiger partial charge in [0.2, 0.25) is 41.4 Å². The van der Waals surface area contributed by atoms with Crippen LogP contribution in [0.5, 0.6) is 23.0 Å². The lowest BCUT2D eigenvalue weighted by Crippen LogP contribution is -2.29. The molecule has 7 amide bonds. The van der Waals surface area contributed by atoms with Gasteiger partial charge < -0.3 is 66.6 Å². The van der Waals surface area contributed by atoms with Crippen LogP contribution < -0.4 is 56.9 Å². The van der Waals surface area contributed by atoms with Crippen molar-refractivity contribution < 1.29 is 68.7 Å². The molecule has 10 N–H and O–H groups in total. The molecule has 0 aromatic heterocycles. The average Bonchev–Trinajstić information content (AvgIpc) is 0.770. The Bertz CT molecular complexity index is 5780. The summed E-state index contributed by atoms with van der Waals surface area (Å²) in [5.41, 5.74) is 24.0. The minimum absolute atomic E-state index is 0.0214. The third-order valence-corrected chi connectivity index (χ3v) is 25.6. The second-order valence-corrected chi connectivity index (χ2v) is 35.1. The average molecular weight is 2110 g/mol. The highest BCUT2D eigenvalue weighted by Gasteiger charge is 2.28. The van der Waals surface area contributed by atoms with E-state index in [0.717, 1.165) is 180 Å². The summed E-state index contributed by atoms with van der Waals surface area (Å²) in [5, 5.41) is 49.1. The number of fused-ring (bicyclic) bond motifs is 7. The van der Waals surface area contributed by atoms with Crippen molar-refractivity contribution in [3.05, 3.63) is 274 Å². The molecule has 7 aliphatic heterocycles. The first-order chi connectivity index (χ1) is 60.8. The van der Waals surface area contributed by atoms with Gasteiger partial charge in [-0.2, -0.15) is 0 Å². The molecule has 11 aromatic carbocycles. The number of ether oxygens (including phenoxy) is 3. The number of alkyl halides is 1. The fourth-order valence-electron chi connectivity index (χ4n) is 14.0. The van der Waals surface area contributed by atoms with Crippen LogP contribution in [0, 0.1) is 20.8 Å². The Morgan fingerprint density at radius 3 is 1.20 bits per heavy atom. The van der Waals surface area contributed by atoms with E-state index in [2.05, 4.69) is 153 Å². The molecule has 18 rings (SSSR count). The lowest BCUT2D eigenvalue weighted by Gasteiger charge is -2.23. The number of phenols is 1. The Kier molecular flexibility index (Phi) is 37.1. The molecule has 0 aliphatic carbocycles. The van der Waals surface area contributed by atoms with Gasteiger partial charge in [-0.1, -0.05) is 152 Å². The fourth-order valence-corrected chi connectivity index (χ4v) is 17.6. The van der Waals surface area contributed by atoms with Gasteiger partial charge in [0.1, 0.15) is 23.0 Å². The number of rotatable bonds is 7. The smallest absolute Gasteiger partial charge is 0.488 e. The number of benzene rings is 11. The van der Waals surface area contributed by atoms with Crippen LogP contribution in [0.2, 0.25) is 20.1 Å². The van der Waals surface area contributed by atoms with E-state index in [1.54, 1.807) is 57.7 Å². The predicted octanol–water partition coefficient (Wildman–Crippen LogP) is 23.7. The molecular weight excluding hydrogens is 2020 g/mol. The number of hydrogen-bond donors (Lipinski definition) is 10. The number of phenolic OH excluding ortho intramolecular Hbond substituents is 1. The first kappa shape index (κ1) is 98.6. The van der Waals surface area contributed by atoms with Crippen LogP contribution in [0.1, 0.15) is 109 Å². The van der Waals surface area contributed by atoms with Crippen molar-refractivity contribution in [2.24, 2.45) is 0 Å². The molecule has 126 heavy (non-hydrogen) atoms. The number of methoxy groups -OCH3 is 3. The molecule has 0 unspecified atom stereocenters. The highest BCUT2D eigenvalue weighted by Crippen LogP contribution is 2.48. The summed E-state index contributed by atoms with van der Waals surface area (Å²) >= 11 is 41.0. The van der Waals surface area contributed by atoms with Crippen LogP contribution >= 0.6 is 126 Å². The van der Waals surface area contributed by atoms with Gasteiger partial charge >= 0.3 is 7.12 Å². The molecule has 0 saturated carbocycles. The molecule has 0 spiro atoms. The van der Waals surface area contributed by atoms with Gasteiger partial charge in [-0.15, -0.1) is 0 Å². The van der Waals surface area contributed by atoms with E-state index in [-0.39, 0.29) is 47.1 Å². The van der Waals surface area contributed by atoms with Gasteiger partial charge in [0.05, 0.1) is 54.5 Å². The Morgan fingerprint density at radius 2 is 0.722 bits per heavy atom. The second kappa shape index (κ2) is 47.4. The van der Waals surface area contributed by atoms with Crippen LogP contribution in [0.3, 0.4) is 0 Å². The third-order valence-electron chi connectivity index (χ3n) is 20.6. The predicted molar refractivity (Wildman–Crippen MR) is 524 cm³/mol. The number of amides is 7. The van der Waals surface area contributed by atoms with Crippen molar-refractivity contribution in [3.63, 3.8) is 0 Å². The van der Waals surface area contributed by atoms with E-state index in [9.17, 15) is 38.0 Å². The normalized spacial score (nSPS) is 13.7. The minimum Gasteiger partial charge on any atom is -0.508 e. The molecule has 11 aromatic rings. The van der Waals surface area contributed by atoms with Crippen LogP contribution in [-0.4, -0.2) is 92.1 Å². The van der Waals surface area contributed by atoms with Gasteiger partial charge in [0.15, 0.2) is 0 Å². The van der Waals surface area contributed by atoms with Crippen LogP contribution in [-0.2, 0) is 78.5 Å². The second-order valence-electron chi connectivity index (χ2n) is 29.2. The van der Waals surface area contributed by atoms with E-state index < -0.39 is 7.12 Å². The van der Waals surface area contributed by atoms with E-state index in [1.165, 1.54) is 29.7 Å². The molecule has 7 aliphatic rings. The molecule has 658 valence electrons. The zero-order valence-electron chi connectivity index (χ0n) is 70.9. The van der Waals surface area contributed by atoms with E-state index in [4.69, 9.17) is 77.1 Å². The highest BCUT2D eigenvalue weighted by atomic mass is 79.9. The summed E-state index contributed by atoms with van der Waals surface area (Å²) in [5.74, 6) is 2.83. The molecule has 0 fully saturated rings. The maximum absolute atomic E-state index is 11.8. The van der Waals surface area contributed by atoms with E-state index in [1.807, 2.05) is 124 Å². The van der Waals surface area contributed by atoms with Gasteiger partial charge in [0, 0.05) is 131 Å². The fraction of sp³-hybridized carbons (Fsp3) is 0.232. The van der Waals surface area contributed by atoms with E-state index >= 15 is 0 Å². The number of aromatic hydroxyl groups is 1. The number of hydrogen-bond acceptors (Lipinski definition) is 13. The molecule has 0 saturated heterocycles. The number of carbonyl (C=O) groups excluding carboxylic acids is 7. The molecule has 0 radical (unpaired) electrons. The number of anilines is 7. The lowest BCUT2D eigenvalue weighted by atomic mass is 9.81. The Balaban J connectivity index is 0.000000165. The summed E-state index contributed by atoms with van der Waals surface area (Å²) < 4.78 is 36.6. The topological polar surface area (TPSA) is 292 Å². The van der Waals surface area contributed by atoms with Gasteiger partial charge in [-0.05, 0) is 288 Å². The first-order valence-electron chi connectivity index (χ1n) is 40.4. The maximum atomic E-state index is 11.8. The molecule has 20 nitrogen and oxygen atoms in total. The van der Waals surface area contributed by atoms with Crippen molar-refractivity contribution in [2.75, 3.05) is 65.7 Å². The van der Waals surface area contributed by atoms with E-state index in [0.29, 0.717) is 89.2 Å².